The fraction of sp³-hybridized carbons (Fsp3) is 1.00. The molecule has 0 radical (unpaired) electrons. The van der Waals surface area contributed by atoms with E-state index in [-0.39, 0.29) is 11.7 Å². The lowest BCUT2D eigenvalue weighted by atomic mass is 9.88. The number of aliphatic hydroxyl groups excluding tert-OH is 1. The first-order chi connectivity index (χ1) is 9.58. The van der Waals surface area contributed by atoms with E-state index in [1.54, 1.807) is 0 Å². The number of hydrogen-bond acceptors (Lipinski definition) is 5. The summed E-state index contributed by atoms with van der Waals surface area (Å²) in [7, 11) is 4.22. The lowest BCUT2D eigenvalue weighted by Gasteiger charge is -2.43. The summed E-state index contributed by atoms with van der Waals surface area (Å²) in [5, 5.41) is 10.1. The van der Waals surface area contributed by atoms with Crippen molar-refractivity contribution in [3.63, 3.8) is 0 Å². The van der Waals surface area contributed by atoms with Crippen molar-refractivity contribution in [2.75, 3.05) is 47.0 Å². The number of rotatable bonds is 3. The molecule has 3 heterocycles. The highest BCUT2D eigenvalue weighted by atomic mass is 16.6. The molecule has 3 aliphatic rings. The Morgan fingerprint density at radius 3 is 2.90 bits per heavy atom. The van der Waals surface area contributed by atoms with Crippen LogP contribution in [0.5, 0.6) is 0 Å². The van der Waals surface area contributed by atoms with E-state index in [4.69, 9.17) is 9.47 Å². The van der Waals surface area contributed by atoms with Gasteiger partial charge in [-0.3, -0.25) is 4.90 Å². The van der Waals surface area contributed by atoms with E-state index in [0.29, 0.717) is 12.1 Å². The average Bonchev–Trinajstić information content (AvgIpc) is 2.96. The van der Waals surface area contributed by atoms with Gasteiger partial charge in [0.2, 0.25) is 0 Å². The Hall–Kier alpha value is -0.200. The minimum atomic E-state index is -0.168. The highest BCUT2D eigenvalue weighted by Crippen LogP contribution is 2.37. The molecule has 1 spiro atoms. The van der Waals surface area contributed by atoms with Crippen LogP contribution in [0.2, 0.25) is 0 Å². The molecule has 20 heavy (non-hydrogen) atoms. The highest BCUT2D eigenvalue weighted by molar-refractivity contribution is 4.98. The van der Waals surface area contributed by atoms with Crippen LogP contribution < -0.4 is 0 Å². The van der Waals surface area contributed by atoms with Gasteiger partial charge in [-0.15, -0.1) is 0 Å². The van der Waals surface area contributed by atoms with Crippen LogP contribution in [-0.2, 0) is 9.47 Å². The van der Waals surface area contributed by atoms with Gasteiger partial charge in [-0.1, -0.05) is 0 Å². The fourth-order valence-corrected chi connectivity index (χ4v) is 4.11. The summed E-state index contributed by atoms with van der Waals surface area (Å²) in [5.74, 6) is 0. The van der Waals surface area contributed by atoms with Crippen LogP contribution in [-0.4, -0.2) is 85.7 Å². The maximum Gasteiger partial charge on any atom is 0.0951 e. The average molecular weight is 284 g/mol. The summed E-state index contributed by atoms with van der Waals surface area (Å²) in [5.41, 5.74) is -0.0425. The third-order valence-electron chi connectivity index (χ3n) is 5.01. The van der Waals surface area contributed by atoms with Crippen molar-refractivity contribution in [3.8, 4) is 0 Å². The molecule has 3 fully saturated rings. The van der Waals surface area contributed by atoms with Gasteiger partial charge in [-0.2, -0.15) is 0 Å². The Morgan fingerprint density at radius 1 is 1.35 bits per heavy atom. The molecule has 0 aromatic rings. The molecule has 4 atom stereocenters. The Labute approximate surface area is 121 Å². The van der Waals surface area contributed by atoms with E-state index in [1.807, 2.05) is 0 Å². The quantitative estimate of drug-likeness (QED) is 0.809. The maximum absolute atomic E-state index is 10.1. The SMILES string of the molecule is CN(C)CC1CC(O)CN1C1CCOC2(CCOC2)C1. The second kappa shape index (κ2) is 5.89. The molecule has 3 aliphatic heterocycles. The van der Waals surface area contributed by atoms with E-state index in [0.717, 1.165) is 58.6 Å². The van der Waals surface area contributed by atoms with Gasteiger partial charge < -0.3 is 19.5 Å². The Balaban J connectivity index is 1.67. The van der Waals surface area contributed by atoms with Gasteiger partial charge in [0.15, 0.2) is 0 Å². The van der Waals surface area contributed by atoms with Crippen LogP contribution in [0.4, 0.5) is 0 Å². The fourth-order valence-electron chi connectivity index (χ4n) is 4.11. The minimum Gasteiger partial charge on any atom is -0.392 e. The van der Waals surface area contributed by atoms with Crippen molar-refractivity contribution in [1.82, 2.24) is 9.80 Å². The molecule has 0 aliphatic carbocycles. The van der Waals surface area contributed by atoms with Gasteiger partial charge in [-0.25, -0.2) is 0 Å². The van der Waals surface area contributed by atoms with Gasteiger partial charge in [-0.05, 0) is 33.4 Å². The molecule has 0 amide bonds. The van der Waals surface area contributed by atoms with Crippen LogP contribution in [0.1, 0.15) is 25.7 Å². The molecule has 5 nitrogen and oxygen atoms in total. The standard InChI is InChI=1S/C15H28N2O3/c1-16(2)9-13-7-14(18)10-17(13)12-3-5-20-15(8-12)4-6-19-11-15/h12-14,18H,3-11H2,1-2H3. The van der Waals surface area contributed by atoms with Crippen LogP contribution in [0.15, 0.2) is 0 Å². The van der Waals surface area contributed by atoms with Crippen LogP contribution in [0.3, 0.4) is 0 Å². The lowest BCUT2D eigenvalue weighted by molar-refractivity contribution is -0.109. The van der Waals surface area contributed by atoms with Gasteiger partial charge in [0.25, 0.3) is 0 Å². The summed E-state index contributed by atoms with van der Waals surface area (Å²) in [6.07, 6.45) is 3.90. The topological polar surface area (TPSA) is 45.2 Å². The molecule has 0 aromatic heterocycles. The predicted molar refractivity (Wildman–Crippen MR) is 76.8 cm³/mol. The number of β-amino-alcohol motifs (C(OH)–C–C–N with tert-alkyl or cyclic N) is 1. The Kier molecular flexibility index (Phi) is 4.34. The van der Waals surface area contributed by atoms with Crippen molar-refractivity contribution in [3.05, 3.63) is 0 Å². The molecular formula is C15H28N2O3. The first-order valence-electron chi connectivity index (χ1n) is 7.88. The zero-order chi connectivity index (χ0) is 14.2. The van der Waals surface area contributed by atoms with Crippen molar-refractivity contribution >= 4 is 0 Å². The maximum atomic E-state index is 10.1. The lowest BCUT2D eigenvalue weighted by Crippen LogP contribution is -2.52. The molecule has 0 bridgehead atoms. The third-order valence-corrected chi connectivity index (χ3v) is 5.01. The van der Waals surface area contributed by atoms with E-state index in [9.17, 15) is 5.11 Å². The second-order valence-electron chi connectivity index (χ2n) is 6.98. The van der Waals surface area contributed by atoms with E-state index in [1.165, 1.54) is 0 Å². The predicted octanol–water partition coefficient (Wildman–Crippen LogP) is 0.321. The molecule has 0 saturated carbocycles. The Morgan fingerprint density at radius 2 is 2.20 bits per heavy atom. The molecule has 1 N–H and O–H groups in total. The molecular weight excluding hydrogens is 256 g/mol. The highest BCUT2D eigenvalue weighted by Gasteiger charge is 2.45. The molecule has 0 aromatic carbocycles. The number of likely N-dealkylation sites (tertiary alicyclic amines) is 1. The number of ether oxygens (including phenoxy) is 2. The molecule has 3 rings (SSSR count). The number of aliphatic hydroxyl groups is 1. The first kappa shape index (κ1) is 14.7. The zero-order valence-electron chi connectivity index (χ0n) is 12.8. The number of hydrogen-bond donors (Lipinski definition) is 1. The summed E-state index contributed by atoms with van der Waals surface area (Å²) in [6, 6.07) is 1.01. The number of nitrogens with zero attached hydrogens (tertiary/aromatic N) is 2. The largest absolute Gasteiger partial charge is 0.392 e. The molecule has 3 saturated heterocycles. The molecule has 5 heteroatoms. The Bertz CT molecular complexity index is 331. The van der Waals surface area contributed by atoms with E-state index >= 15 is 0 Å². The number of likely N-dealkylation sites (N-methyl/N-ethyl adjacent to an activating group) is 1. The van der Waals surface area contributed by atoms with E-state index < -0.39 is 0 Å². The minimum absolute atomic E-state index is 0.0425. The van der Waals surface area contributed by atoms with Crippen molar-refractivity contribution in [2.24, 2.45) is 0 Å². The first-order valence-corrected chi connectivity index (χ1v) is 7.88. The monoisotopic (exact) mass is 284 g/mol. The van der Waals surface area contributed by atoms with Crippen LogP contribution in [0.25, 0.3) is 0 Å². The van der Waals surface area contributed by atoms with Crippen LogP contribution in [0, 0.1) is 0 Å². The van der Waals surface area contributed by atoms with Crippen molar-refractivity contribution < 1.29 is 14.6 Å². The summed E-state index contributed by atoms with van der Waals surface area (Å²) in [6.45, 7) is 4.25. The van der Waals surface area contributed by atoms with Crippen molar-refractivity contribution in [2.45, 2.75) is 49.5 Å². The zero-order valence-corrected chi connectivity index (χ0v) is 12.8. The molecule has 116 valence electrons. The summed E-state index contributed by atoms with van der Waals surface area (Å²) in [4.78, 5) is 4.76. The smallest absolute Gasteiger partial charge is 0.0951 e. The van der Waals surface area contributed by atoms with Gasteiger partial charge >= 0.3 is 0 Å². The normalized spacial score (nSPS) is 42.9. The van der Waals surface area contributed by atoms with Gasteiger partial charge in [0, 0.05) is 44.8 Å². The summed E-state index contributed by atoms with van der Waals surface area (Å²) >= 11 is 0. The van der Waals surface area contributed by atoms with Crippen molar-refractivity contribution in [1.29, 1.82) is 0 Å². The second-order valence-corrected chi connectivity index (χ2v) is 6.98. The van der Waals surface area contributed by atoms with Gasteiger partial charge in [0.05, 0.1) is 18.3 Å². The van der Waals surface area contributed by atoms with Crippen LogP contribution >= 0.6 is 0 Å². The van der Waals surface area contributed by atoms with E-state index in [2.05, 4.69) is 23.9 Å². The van der Waals surface area contributed by atoms with Gasteiger partial charge in [0.1, 0.15) is 0 Å². The third kappa shape index (κ3) is 3.02. The molecule has 4 unspecified atom stereocenters. The summed E-state index contributed by atoms with van der Waals surface area (Å²) < 4.78 is 11.6.